The molecule has 1 aromatic heterocycles. The van der Waals surface area contributed by atoms with Crippen molar-refractivity contribution < 1.29 is 14.4 Å². The van der Waals surface area contributed by atoms with Crippen LogP contribution in [-0.4, -0.2) is 39.8 Å². The van der Waals surface area contributed by atoms with Crippen molar-refractivity contribution >= 4 is 17.7 Å². The fourth-order valence-electron chi connectivity index (χ4n) is 1.54. The van der Waals surface area contributed by atoms with E-state index in [-0.39, 0.29) is 18.1 Å². The fraction of sp³-hybridized carbons (Fsp3) is 0.600. The van der Waals surface area contributed by atoms with Crippen LogP contribution in [0.2, 0.25) is 0 Å². The Morgan fingerprint density at radius 3 is 3.19 bits per heavy atom. The highest BCUT2D eigenvalue weighted by molar-refractivity contribution is 7.99. The standard InChI is InChI=1S/C10H14N2O3S/c1-7-4-8(12-15-7)9(13)11-5-10(14)2-3-16-6-10/h4,14H,2-3,5-6H2,1H3,(H,11,13)/t10-/m1/s1. The number of hydrogen-bond acceptors (Lipinski definition) is 5. The number of amides is 1. The number of aromatic nitrogens is 1. The first kappa shape index (κ1) is 11.5. The van der Waals surface area contributed by atoms with E-state index in [0.717, 1.165) is 12.2 Å². The average molecular weight is 242 g/mol. The van der Waals surface area contributed by atoms with Crippen LogP contribution in [0.25, 0.3) is 0 Å². The zero-order chi connectivity index (χ0) is 11.6. The summed E-state index contributed by atoms with van der Waals surface area (Å²) in [7, 11) is 0. The molecule has 0 unspecified atom stereocenters. The maximum atomic E-state index is 11.6. The lowest BCUT2D eigenvalue weighted by molar-refractivity contribution is 0.0609. The van der Waals surface area contributed by atoms with Crippen LogP contribution >= 0.6 is 11.8 Å². The molecule has 2 heterocycles. The highest BCUT2D eigenvalue weighted by Crippen LogP contribution is 2.26. The van der Waals surface area contributed by atoms with Gasteiger partial charge in [-0.2, -0.15) is 11.8 Å². The fourth-order valence-corrected chi connectivity index (χ4v) is 2.84. The predicted molar refractivity (Wildman–Crippen MR) is 60.5 cm³/mol. The molecule has 0 bridgehead atoms. The summed E-state index contributed by atoms with van der Waals surface area (Å²) in [5, 5.41) is 16.3. The van der Waals surface area contributed by atoms with Crippen molar-refractivity contribution in [1.29, 1.82) is 0 Å². The van der Waals surface area contributed by atoms with Gasteiger partial charge in [-0.05, 0) is 19.1 Å². The van der Waals surface area contributed by atoms with E-state index in [0.29, 0.717) is 11.5 Å². The van der Waals surface area contributed by atoms with Crippen LogP contribution in [-0.2, 0) is 0 Å². The Kier molecular flexibility index (Phi) is 3.20. The number of aliphatic hydroxyl groups is 1. The number of nitrogens with one attached hydrogen (secondary N) is 1. The summed E-state index contributed by atoms with van der Waals surface area (Å²) < 4.78 is 4.81. The van der Waals surface area contributed by atoms with Gasteiger partial charge in [0.1, 0.15) is 5.76 Å². The van der Waals surface area contributed by atoms with Gasteiger partial charge in [0, 0.05) is 18.4 Å². The van der Waals surface area contributed by atoms with Crippen LogP contribution < -0.4 is 5.32 Å². The van der Waals surface area contributed by atoms with E-state index in [1.54, 1.807) is 24.8 Å². The van der Waals surface area contributed by atoms with Crippen LogP contribution in [0.4, 0.5) is 0 Å². The Bertz CT molecular complexity index is 385. The number of nitrogens with zero attached hydrogens (tertiary/aromatic N) is 1. The van der Waals surface area contributed by atoms with Crippen molar-refractivity contribution in [2.45, 2.75) is 18.9 Å². The lowest BCUT2D eigenvalue weighted by Crippen LogP contribution is -2.43. The van der Waals surface area contributed by atoms with E-state index in [2.05, 4.69) is 10.5 Å². The quantitative estimate of drug-likeness (QED) is 0.811. The van der Waals surface area contributed by atoms with Crippen molar-refractivity contribution in [3.63, 3.8) is 0 Å². The highest BCUT2D eigenvalue weighted by Gasteiger charge is 2.32. The van der Waals surface area contributed by atoms with E-state index in [1.807, 2.05) is 0 Å². The van der Waals surface area contributed by atoms with E-state index >= 15 is 0 Å². The lowest BCUT2D eigenvalue weighted by atomic mass is 10.0. The van der Waals surface area contributed by atoms with Gasteiger partial charge in [-0.3, -0.25) is 4.79 Å². The number of carbonyl (C=O) groups is 1. The third kappa shape index (κ3) is 2.56. The van der Waals surface area contributed by atoms with Crippen LogP contribution in [0.1, 0.15) is 22.7 Å². The van der Waals surface area contributed by atoms with Gasteiger partial charge in [0.05, 0.1) is 5.60 Å². The second-order valence-corrected chi connectivity index (χ2v) is 5.14. The minimum Gasteiger partial charge on any atom is -0.387 e. The molecule has 1 aliphatic rings. The van der Waals surface area contributed by atoms with Gasteiger partial charge >= 0.3 is 0 Å². The molecule has 1 aliphatic heterocycles. The highest BCUT2D eigenvalue weighted by atomic mass is 32.2. The third-order valence-electron chi connectivity index (χ3n) is 2.52. The average Bonchev–Trinajstić information content (AvgIpc) is 2.85. The van der Waals surface area contributed by atoms with Crippen molar-refractivity contribution in [1.82, 2.24) is 10.5 Å². The van der Waals surface area contributed by atoms with E-state index in [4.69, 9.17) is 4.52 Å². The molecule has 0 radical (unpaired) electrons. The second-order valence-electron chi connectivity index (χ2n) is 4.03. The minimum absolute atomic E-state index is 0.256. The molecule has 6 heteroatoms. The first-order valence-electron chi connectivity index (χ1n) is 5.11. The SMILES string of the molecule is Cc1cc(C(=O)NC[C@]2(O)CCSC2)no1. The zero-order valence-electron chi connectivity index (χ0n) is 9.02. The molecule has 5 nitrogen and oxygen atoms in total. The molecule has 1 amide bonds. The van der Waals surface area contributed by atoms with E-state index in [9.17, 15) is 9.90 Å². The third-order valence-corrected chi connectivity index (χ3v) is 3.76. The van der Waals surface area contributed by atoms with Crippen LogP contribution in [0.15, 0.2) is 10.6 Å². The van der Waals surface area contributed by atoms with Gasteiger partial charge < -0.3 is 14.9 Å². The summed E-state index contributed by atoms with van der Waals surface area (Å²) in [6.45, 7) is 2.00. The second kappa shape index (κ2) is 4.47. The summed E-state index contributed by atoms with van der Waals surface area (Å²) >= 11 is 1.70. The number of thioether (sulfide) groups is 1. The molecule has 2 N–H and O–H groups in total. The largest absolute Gasteiger partial charge is 0.387 e. The molecule has 88 valence electrons. The Morgan fingerprint density at radius 2 is 2.62 bits per heavy atom. The van der Waals surface area contributed by atoms with Crippen LogP contribution in [0.3, 0.4) is 0 Å². The van der Waals surface area contributed by atoms with Gasteiger partial charge in [-0.25, -0.2) is 0 Å². The topological polar surface area (TPSA) is 75.4 Å². The van der Waals surface area contributed by atoms with Gasteiger partial charge in [0.15, 0.2) is 5.69 Å². The molecular formula is C10H14N2O3S. The summed E-state index contributed by atoms with van der Waals surface area (Å²) in [4.78, 5) is 11.6. The number of carbonyl (C=O) groups excluding carboxylic acids is 1. The first-order valence-corrected chi connectivity index (χ1v) is 6.26. The molecule has 0 saturated carbocycles. The maximum Gasteiger partial charge on any atom is 0.273 e. The Hall–Kier alpha value is -1.01. The van der Waals surface area contributed by atoms with Gasteiger partial charge in [0.25, 0.3) is 5.91 Å². The van der Waals surface area contributed by atoms with Crippen molar-refractivity contribution in [3.8, 4) is 0 Å². The molecule has 0 spiro atoms. The van der Waals surface area contributed by atoms with Gasteiger partial charge in [0.2, 0.25) is 0 Å². The summed E-state index contributed by atoms with van der Waals surface area (Å²) in [6.07, 6.45) is 0.718. The summed E-state index contributed by atoms with van der Waals surface area (Å²) in [5.74, 6) is 1.91. The summed E-state index contributed by atoms with van der Waals surface area (Å²) in [6, 6.07) is 1.57. The molecule has 0 aromatic carbocycles. The van der Waals surface area contributed by atoms with Crippen molar-refractivity contribution in [2.75, 3.05) is 18.1 Å². The van der Waals surface area contributed by atoms with E-state index < -0.39 is 5.60 Å². The Morgan fingerprint density at radius 1 is 1.81 bits per heavy atom. The van der Waals surface area contributed by atoms with Gasteiger partial charge in [-0.15, -0.1) is 0 Å². The molecule has 2 rings (SSSR count). The minimum atomic E-state index is -0.765. The van der Waals surface area contributed by atoms with Crippen LogP contribution in [0, 0.1) is 6.92 Å². The van der Waals surface area contributed by atoms with Crippen molar-refractivity contribution in [2.24, 2.45) is 0 Å². The smallest absolute Gasteiger partial charge is 0.273 e. The lowest BCUT2D eigenvalue weighted by Gasteiger charge is -2.20. The Balaban J connectivity index is 1.88. The molecule has 16 heavy (non-hydrogen) atoms. The Labute approximate surface area is 97.6 Å². The molecular weight excluding hydrogens is 228 g/mol. The predicted octanol–water partition coefficient (Wildman–Crippen LogP) is 0.581. The number of rotatable bonds is 3. The molecule has 0 aliphatic carbocycles. The maximum absolute atomic E-state index is 11.6. The zero-order valence-corrected chi connectivity index (χ0v) is 9.84. The number of hydrogen-bond donors (Lipinski definition) is 2. The molecule has 1 saturated heterocycles. The number of aryl methyl sites for hydroxylation is 1. The molecule has 1 fully saturated rings. The van der Waals surface area contributed by atoms with Crippen molar-refractivity contribution in [3.05, 3.63) is 17.5 Å². The first-order chi connectivity index (χ1) is 7.59. The monoisotopic (exact) mass is 242 g/mol. The normalized spacial score (nSPS) is 24.6. The van der Waals surface area contributed by atoms with Gasteiger partial charge in [-0.1, -0.05) is 5.16 Å². The summed E-state index contributed by atoms with van der Waals surface area (Å²) in [5.41, 5.74) is -0.509. The van der Waals surface area contributed by atoms with Crippen LogP contribution in [0.5, 0.6) is 0 Å². The molecule has 1 atom stereocenters. The van der Waals surface area contributed by atoms with E-state index in [1.165, 1.54) is 0 Å². The molecule has 1 aromatic rings.